The van der Waals surface area contributed by atoms with Crippen molar-refractivity contribution in [1.29, 1.82) is 0 Å². The summed E-state index contributed by atoms with van der Waals surface area (Å²) in [4.78, 5) is 30.2. The van der Waals surface area contributed by atoms with Crippen LogP contribution < -0.4 is 10.6 Å². The number of nitrogens with zero attached hydrogens (tertiary/aromatic N) is 2. The first kappa shape index (κ1) is 19.4. The van der Waals surface area contributed by atoms with Gasteiger partial charge in [0.25, 0.3) is 0 Å². The smallest absolute Gasteiger partial charge is 0.337 e. The Bertz CT molecular complexity index is 1040. The number of aromatic nitrogens is 1. The first-order valence-electron chi connectivity index (χ1n) is 8.98. The van der Waals surface area contributed by atoms with Crippen molar-refractivity contribution < 1.29 is 14.3 Å². The highest BCUT2D eigenvalue weighted by Crippen LogP contribution is 2.33. The Hall–Kier alpha value is -3.41. The molecule has 3 rings (SSSR count). The molecule has 0 aliphatic carbocycles. The number of benzene rings is 2. The molecule has 0 aliphatic heterocycles. The fourth-order valence-corrected chi connectivity index (χ4v) is 2.96. The molecule has 0 radical (unpaired) electrons. The lowest BCUT2D eigenvalue weighted by molar-refractivity contribution is 0.0600. The lowest BCUT2D eigenvalue weighted by Crippen LogP contribution is -2.26. The van der Waals surface area contributed by atoms with E-state index in [1.54, 1.807) is 24.3 Å². The summed E-state index contributed by atoms with van der Waals surface area (Å²) in [6, 6.07) is 14.6. The van der Waals surface area contributed by atoms with E-state index in [1.807, 2.05) is 31.3 Å². The molecule has 0 saturated heterocycles. The van der Waals surface area contributed by atoms with E-state index in [4.69, 9.17) is 15.5 Å². The van der Waals surface area contributed by atoms with E-state index in [0.717, 1.165) is 27.8 Å². The van der Waals surface area contributed by atoms with Crippen molar-refractivity contribution in [3.05, 3.63) is 59.7 Å². The van der Waals surface area contributed by atoms with Gasteiger partial charge in [-0.3, -0.25) is 4.79 Å². The van der Waals surface area contributed by atoms with Gasteiger partial charge in [-0.15, -0.1) is 0 Å². The van der Waals surface area contributed by atoms with Crippen molar-refractivity contribution >= 4 is 28.5 Å². The van der Waals surface area contributed by atoms with E-state index in [-0.39, 0.29) is 12.0 Å². The number of carbonyl (C=O) groups excluding carboxylic acids is 2. The zero-order valence-corrected chi connectivity index (χ0v) is 16.4. The van der Waals surface area contributed by atoms with Crippen molar-refractivity contribution in [2.75, 3.05) is 19.1 Å². The number of nitrogens with two attached hydrogens (primary N) is 1. The van der Waals surface area contributed by atoms with Crippen molar-refractivity contribution in [1.82, 2.24) is 4.98 Å². The molecule has 0 bridgehead atoms. The molecule has 0 unspecified atom stereocenters. The van der Waals surface area contributed by atoms with Gasteiger partial charge in [0, 0.05) is 29.6 Å². The molecule has 0 saturated carbocycles. The first-order chi connectivity index (χ1) is 13.3. The minimum absolute atomic E-state index is 0.242. The monoisotopic (exact) mass is 377 g/mol. The van der Waals surface area contributed by atoms with Gasteiger partial charge in [-0.05, 0) is 50.2 Å². The summed E-state index contributed by atoms with van der Waals surface area (Å²) < 4.78 is 4.82. The van der Waals surface area contributed by atoms with Crippen molar-refractivity contribution in [3.63, 3.8) is 0 Å². The Balaban J connectivity index is 2.20. The second kappa shape index (κ2) is 7.68. The molecular weight excluding hydrogens is 354 g/mol. The molecule has 2 aromatic carbocycles. The van der Waals surface area contributed by atoms with Crippen LogP contribution in [0.2, 0.25) is 0 Å². The molecule has 0 atom stereocenters. The number of pyridine rings is 1. The Kier molecular flexibility index (Phi) is 5.31. The maximum Gasteiger partial charge on any atom is 0.337 e. The summed E-state index contributed by atoms with van der Waals surface area (Å²) in [6.07, 6.45) is 0. The number of hydrogen-bond acceptors (Lipinski definition) is 5. The number of esters is 1. The highest BCUT2D eigenvalue weighted by Gasteiger charge is 2.16. The number of primary amides is 1. The van der Waals surface area contributed by atoms with Gasteiger partial charge in [0.05, 0.1) is 29.6 Å². The average Bonchev–Trinajstić information content (AvgIpc) is 2.71. The number of methoxy groups -OCH3 is 1. The standard InChI is InChI=1S/C22H23N3O3/c1-13(2)25(3)19-12-17-11-16(22(27)28-4)9-10-18(17)24-20(19)14-5-7-15(8-6-14)21(23)26/h5-13H,1-4H3,(H2,23,26). The summed E-state index contributed by atoms with van der Waals surface area (Å²) in [6.45, 7) is 4.18. The van der Waals surface area contributed by atoms with Gasteiger partial charge in [0.1, 0.15) is 0 Å². The minimum atomic E-state index is -0.465. The van der Waals surface area contributed by atoms with Crippen molar-refractivity contribution in [2.45, 2.75) is 19.9 Å². The van der Waals surface area contributed by atoms with Crippen LogP contribution in [-0.2, 0) is 4.74 Å². The van der Waals surface area contributed by atoms with Gasteiger partial charge in [-0.25, -0.2) is 9.78 Å². The molecule has 1 aromatic heterocycles. The number of amides is 1. The quantitative estimate of drug-likeness (QED) is 0.686. The predicted molar refractivity (Wildman–Crippen MR) is 111 cm³/mol. The normalized spacial score (nSPS) is 10.9. The number of carbonyl (C=O) groups is 2. The fourth-order valence-electron chi connectivity index (χ4n) is 2.96. The van der Waals surface area contributed by atoms with Crippen LogP contribution in [-0.4, -0.2) is 37.1 Å². The fraction of sp³-hybridized carbons (Fsp3) is 0.227. The molecule has 3 aromatic rings. The topological polar surface area (TPSA) is 85.5 Å². The summed E-state index contributed by atoms with van der Waals surface area (Å²) in [7, 11) is 3.36. The largest absolute Gasteiger partial charge is 0.465 e. The zero-order valence-electron chi connectivity index (χ0n) is 16.4. The summed E-state index contributed by atoms with van der Waals surface area (Å²) in [5.74, 6) is -0.848. The number of anilines is 1. The van der Waals surface area contributed by atoms with Crippen molar-refractivity contribution in [2.24, 2.45) is 5.73 Å². The number of fused-ring (bicyclic) bond motifs is 1. The van der Waals surface area contributed by atoms with Crippen LogP contribution in [0.25, 0.3) is 22.2 Å². The number of rotatable bonds is 5. The molecule has 0 fully saturated rings. The molecule has 2 N–H and O–H groups in total. The molecule has 1 heterocycles. The second-order valence-electron chi connectivity index (χ2n) is 6.90. The van der Waals surface area contributed by atoms with Crippen LogP contribution in [0.1, 0.15) is 34.6 Å². The summed E-state index contributed by atoms with van der Waals surface area (Å²) in [5, 5.41) is 0.850. The third-order valence-electron chi connectivity index (χ3n) is 4.81. The van der Waals surface area contributed by atoms with Gasteiger partial charge in [-0.2, -0.15) is 0 Å². The van der Waals surface area contributed by atoms with Gasteiger partial charge < -0.3 is 15.4 Å². The molecule has 144 valence electrons. The van der Waals surface area contributed by atoms with E-state index in [9.17, 15) is 9.59 Å². The van der Waals surface area contributed by atoms with E-state index in [2.05, 4.69) is 18.7 Å². The molecule has 28 heavy (non-hydrogen) atoms. The Morgan fingerprint density at radius 1 is 1.04 bits per heavy atom. The summed E-state index contributed by atoms with van der Waals surface area (Å²) in [5.41, 5.74) is 9.65. The van der Waals surface area contributed by atoms with Crippen LogP contribution in [0.4, 0.5) is 5.69 Å². The molecule has 6 nitrogen and oxygen atoms in total. The molecule has 0 spiro atoms. The van der Waals surface area contributed by atoms with Crippen molar-refractivity contribution in [3.8, 4) is 11.3 Å². The van der Waals surface area contributed by atoms with Gasteiger partial charge in [0.2, 0.25) is 5.91 Å². The van der Waals surface area contributed by atoms with E-state index in [1.165, 1.54) is 7.11 Å². The lowest BCUT2D eigenvalue weighted by atomic mass is 10.0. The lowest BCUT2D eigenvalue weighted by Gasteiger charge is -2.26. The second-order valence-corrected chi connectivity index (χ2v) is 6.90. The van der Waals surface area contributed by atoms with Crippen LogP contribution in [0, 0.1) is 0 Å². The van der Waals surface area contributed by atoms with Gasteiger partial charge >= 0.3 is 5.97 Å². The van der Waals surface area contributed by atoms with Gasteiger partial charge in [-0.1, -0.05) is 12.1 Å². The van der Waals surface area contributed by atoms with Gasteiger partial charge in [0.15, 0.2) is 0 Å². The maximum atomic E-state index is 11.9. The maximum absolute atomic E-state index is 11.9. The number of ether oxygens (including phenoxy) is 1. The third kappa shape index (κ3) is 3.67. The molecule has 6 heteroatoms. The first-order valence-corrected chi connectivity index (χ1v) is 8.98. The van der Waals surface area contributed by atoms with Crippen LogP contribution in [0.15, 0.2) is 48.5 Å². The van der Waals surface area contributed by atoms with Crippen LogP contribution in [0.5, 0.6) is 0 Å². The Labute approximate surface area is 163 Å². The molecule has 1 amide bonds. The Morgan fingerprint density at radius 2 is 1.68 bits per heavy atom. The van der Waals surface area contributed by atoms with E-state index in [0.29, 0.717) is 11.1 Å². The predicted octanol–water partition coefficient (Wildman–Crippen LogP) is 3.63. The molecular formula is C22H23N3O3. The Morgan fingerprint density at radius 3 is 2.25 bits per heavy atom. The molecule has 0 aliphatic rings. The highest BCUT2D eigenvalue weighted by molar-refractivity contribution is 5.97. The van der Waals surface area contributed by atoms with Crippen LogP contribution in [0.3, 0.4) is 0 Å². The minimum Gasteiger partial charge on any atom is -0.465 e. The van der Waals surface area contributed by atoms with Crippen LogP contribution >= 0.6 is 0 Å². The average molecular weight is 377 g/mol. The number of hydrogen-bond donors (Lipinski definition) is 1. The van der Waals surface area contributed by atoms with E-state index < -0.39 is 5.91 Å². The SMILES string of the molecule is COC(=O)c1ccc2nc(-c3ccc(C(N)=O)cc3)c(N(C)C(C)C)cc2c1. The summed E-state index contributed by atoms with van der Waals surface area (Å²) >= 11 is 0. The zero-order chi connectivity index (χ0) is 20.4. The third-order valence-corrected chi connectivity index (χ3v) is 4.81. The highest BCUT2D eigenvalue weighted by atomic mass is 16.5. The van der Waals surface area contributed by atoms with E-state index >= 15 is 0 Å².